The molecule has 0 aliphatic rings. The number of halogens is 1. The first kappa shape index (κ1) is 16.4. The second kappa shape index (κ2) is 6.89. The number of aryl methyl sites for hydroxylation is 1. The van der Waals surface area contributed by atoms with Crippen LogP contribution in [0.3, 0.4) is 0 Å². The number of phenols is 1. The molecule has 2 N–H and O–H groups in total. The molecule has 0 heterocycles. The highest BCUT2D eigenvalue weighted by Crippen LogP contribution is 2.27. The Morgan fingerprint density at radius 2 is 2.00 bits per heavy atom. The largest absolute Gasteiger partial charge is 0.506 e. The Morgan fingerprint density at radius 3 is 2.61 bits per heavy atom. The number of nitro groups is 1. The predicted octanol–water partition coefficient (Wildman–Crippen LogP) is 3.03. The first-order valence-electron chi connectivity index (χ1n) is 6.45. The van der Waals surface area contributed by atoms with Crippen LogP contribution in [0.2, 0.25) is 5.02 Å². The maximum atomic E-state index is 11.9. The van der Waals surface area contributed by atoms with E-state index >= 15 is 0 Å². The molecule has 8 heteroatoms. The van der Waals surface area contributed by atoms with Crippen molar-refractivity contribution in [2.45, 2.75) is 6.92 Å². The number of hydrazone groups is 1. The van der Waals surface area contributed by atoms with Crippen molar-refractivity contribution >= 4 is 29.4 Å². The Bertz CT molecular complexity index is 788. The van der Waals surface area contributed by atoms with E-state index in [1.165, 1.54) is 30.5 Å². The second-order valence-corrected chi connectivity index (χ2v) is 5.09. The number of carbonyl (C=O) groups is 1. The molecule has 0 atom stereocenters. The third-order valence-corrected chi connectivity index (χ3v) is 3.24. The number of phenolic OH excluding ortho intramolecular Hbond substituents is 1. The van der Waals surface area contributed by atoms with E-state index in [1.54, 1.807) is 19.1 Å². The molecule has 0 aliphatic carbocycles. The van der Waals surface area contributed by atoms with E-state index in [4.69, 9.17) is 11.6 Å². The van der Waals surface area contributed by atoms with Gasteiger partial charge >= 0.3 is 0 Å². The molecule has 2 rings (SSSR count). The molecule has 0 aliphatic heterocycles. The molecule has 0 saturated carbocycles. The third kappa shape index (κ3) is 4.04. The van der Waals surface area contributed by atoms with Crippen molar-refractivity contribution in [1.29, 1.82) is 0 Å². The summed E-state index contributed by atoms with van der Waals surface area (Å²) in [5.74, 6) is -0.667. The summed E-state index contributed by atoms with van der Waals surface area (Å²) in [7, 11) is 0. The number of nitro benzene ring substituents is 1. The van der Waals surface area contributed by atoms with Gasteiger partial charge in [0.25, 0.3) is 11.6 Å². The molecule has 0 spiro atoms. The fourth-order valence-corrected chi connectivity index (χ4v) is 2.10. The Kier molecular flexibility index (Phi) is 4.92. The third-order valence-electron chi connectivity index (χ3n) is 2.95. The molecular formula is C15H12ClN3O4. The first-order chi connectivity index (χ1) is 10.9. The van der Waals surface area contributed by atoms with Crippen LogP contribution in [0.25, 0.3) is 0 Å². The second-order valence-electron chi connectivity index (χ2n) is 4.69. The Labute approximate surface area is 136 Å². The Hall–Kier alpha value is -2.93. The maximum absolute atomic E-state index is 11.9. The fraction of sp³-hybridized carbons (Fsp3) is 0.0667. The lowest BCUT2D eigenvalue weighted by Crippen LogP contribution is -2.17. The van der Waals surface area contributed by atoms with Gasteiger partial charge in [0, 0.05) is 23.3 Å². The number of nitrogens with zero attached hydrogens (tertiary/aromatic N) is 2. The van der Waals surface area contributed by atoms with Crippen molar-refractivity contribution in [3.05, 3.63) is 68.2 Å². The standard InChI is InChI=1S/C15H12ClN3O4/c1-9-6-11(14(20)13(16)7-9)8-17-18-15(21)10-2-4-12(5-3-10)19(22)23/h2-8,20H,1H3,(H,18,21)/b17-8+. The number of amides is 1. The zero-order chi connectivity index (χ0) is 17.0. The lowest BCUT2D eigenvalue weighted by molar-refractivity contribution is -0.384. The summed E-state index contributed by atoms with van der Waals surface area (Å²) in [6, 6.07) is 8.36. The average Bonchev–Trinajstić information content (AvgIpc) is 2.51. The normalized spacial score (nSPS) is 10.7. The number of hydrogen-bond acceptors (Lipinski definition) is 5. The number of aromatic hydroxyl groups is 1. The molecule has 2 aromatic carbocycles. The summed E-state index contributed by atoms with van der Waals surface area (Å²) in [6.07, 6.45) is 1.26. The molecule has 2 aromatic rings. The maximum Gasteiger partial charge on any atom is 0.271 e. The van der Waals surface area contributed by atoms with Crippen molar-refractivity contribution in [2.75, 3.05) is 0 Å². The topological polar surface area (TPSA) is 105 Å². The van der Waals surface area contributed by atoms with Crippen LogP contribution in [0.4, 0.5) is 5.69 Å². The number of benzene rings is 2. The minimum Gasteiger partial charge on any atom is -0.506 e. The molecule has 118 valence electrons. The van der Waals surface area contributed by atoms with Crippen molar-refractivity contribution in [1.82, 2.24) is 5.43 Å². The number of nitrogens with one attached hydrogen (secondary N) is 1. The molecular weight excluding hydrogens is 322 g/mol. The van der Waals surface area contributed by atoms with Crippen LogP contribution >= 0.6 is 11.6 Å². The van der Waals surface area contributed by atoms with Crippen LogP contribution in [-0.4, -0.2) is 22.2 Å². The van der Waals surface area contributed by atoms with E-state index in [2.05, 4.69) is 10.5 Å². The molecule has 0 aromatic heterocycles. The number of hydrogen-bond donors (Lipinski definition) is 2. The van der Waals surface area contributed by atoms with E-state index in [0.29, 0.717) is 5.56 Å². The van der Waals surface area contributed by atoms with Gasteiger partial charge in [0.1, 0.15) is 5.75 Å². The molecule has 0 radical (unpaired) electrons. The lowest BCUT2D eigenvalue weighted by Gasteiger charge is -2.03. The van der Waals surface area contributed by atoms with Gasteiger partial charge in [-0.3, -0.25) is 14.9 Å². The molecule has 0 unspecified atom stereocenters. The summed E-state index contributed by atoms with van der Waals surface area (Å²) in [6.45, 7) is 1.80. The van der Waals surface area contributed by atoms with Crippen LogP contribution in [-0.2, 0) is 0 Å². The number of rotatable bonds is 4. The van der Waals surface area contributed by atoms with Gasteiger partial charge in [-0.1, -0.05) is 11.6 Å². The van der Waals surface area contributed by atoms with Gasteiger partial charge in [0.2, 0.25) is 0 Å². The molecule has 23 heavy (non-hydrogen) atoms. The molecule has 1 amide bonds. The molecule has 0 fully saturated rings. The van der Waals surface area contributed by atoms with Crippen molar-refractivity contribution in [3.63, 3.8) is 0 Å². The van der Waals surface area contributed by atoms with Crippen molar-refractivity contribution in [2.24, 2.45) is 5.10 Å². The van der Waals surface area contributed by atoms with Crippen molar-refractivity contribution in [3.8, 4) is 5.75 Å². The van der Waals surface area contributed by atoms with Gasteiger partial charge in [0.15, 0.2) is 0 Å². The highest BCUT2D eigenvalue weighted by atomic mass is 35.5. The van der Waals surface area contributed by atoms with Crippen LogP contribution in [0, 0.1) is 17.0 Å². The highest BCUT2D eigenvalue weighted by Gasteiger charge is 2.09. The van der Waals surface area contributed by atoms with E-state index < -0.39 is 10.8 Å². The van der Waals surface area contributed by atoms with Crippen LogP contribution in [0.15, 0.2) is 41.5 Å². The van der Waals surface area contributed by atoms with Gasteiger partial charge in [-0.2, -0.15) is 5.10 Å². The minimum absolute atomic E-state index is 0.107. The number of non-ortho nitro benzene ring substituents is 1. The summed E-state index contributed by atoms with van der Waals surface area (Å²) in [4.78, 5) is 21.8. The molecule has 7 nitrogen and oxygen atoms in total. The van der Waals surface area contributed by atoms with Gasteiger partial charge in [-0.25, -0.2) is 5.43 Å². The zero-order valence-electron chi connectivity index (χ0n) is 12.0. The van der Waals surface area contributed by atoms with E-state index in [0.717, 1.165) is 5.56 Å². The van der Waals surface area contributed by atoms with E-state index in [9.17, 15) is 20.0 Å². The van der Waals surface area contributed by atoms with E-state index in [-0.39, 0.29) is 22.0 Å². The highest BCUT2D eigenvalue weighted by molar-refractivity contribution is 6.32. The van der Waals surface area contributed by atoms with Crippen LogP contribution in [0.1, 0.15) is 21.5 Å². The van der Waals surface area contributed by atoms with Gasteiger partial charge < -0.3 is 5.11 Å². The SMILES string of the molecule is Cc1cc(Cl)c(O)c(/C=N/NC(=O)c2ccc([N+](=O)[O-])cc2)c1. The summed E-state index contributed by atoms with van der Waals surface area (Å²) in [5.41, 5.74) is 3.57. The lowest BCUT2D eigenvalue weighted by atomic mass is 10.1. The smallest absolute Gasteiger partial charge is 0.271 e. The minimum atomic E-state index is -0.551. The zero-order valence-corrected chi connectivity index (χ0v) is 12.7. The van der Waals surface area contributed by atoms with E-state index in [1.807, 2.05) is 0 Å². The Balaban J connectivity index is 2.08. The van der Waals surface area contributed by atoms with Crippen molar-refractivity contribution < 1.29 is 14.8 Å². The van der Waals surface area contributed by atoms with Gasteiger partial charge in [-0.15, -0.1) is 0 Å². The van der Waals surface area contributed by atoms with Crippen LogP contribution < -0.4 is 5.43 Å². The number of carbonyl (C=O) groups excluding carboxylic acids is 1. The monoisotopic (exact) mass is 333 g/mol. The van der Waals surface area contributed by atoms with Crippen LogP contribution in [0.5, 0.6) is 5.75 Å². The van der Waals surface area contributed by atoms with Gasteiger partial charge in [0.05, 0.1) is 16.2 Å². The Morgan fingerprint density at radius 1 is 1.35 bits per heavy atom. The molecule has 0 bridgehead atoms. The molecule has 0 saturated heterocycles. The average molecular weight is 334 g/mol. The first-order valence-corrected chi connectivity index (χ1v) is 6.83. The predicted molar refractivity (Wildman–Crippen MR) is 86.0 cm³/mol. The summed E-state index contributed by atoms with van der Waals surface area (Å²) in [5, 5.41) is 24.3. The summed E-state index contributed by atoms with van der Waals surface area (Å²) < 4.78 is 0. The van der Waals surface area contributed by atoms with Gasteiger partial charge in [-0.05, 0) is 36.8 Å². The summed E-state index contributed by atoms with van der Waals surface area (Å²) >= 11 is 5.84. The fourth-order valence-electron chi connectivity index (χ4n) is 1.82. The quantitative estimate of drug-likeness (QED) is 0.509.